The van der Waals surface area contributed by atoms with E-state index in [-0.39, 0.29) is 0 Å². The molecule has 5 aromatic carbocycles. The maximum Gasteiger partial charge on any atom is 0.165 e. The topological polar surface area (TPSA) is 48.0 Å². The third-order valence-corrected chi connectivity index (χ3v) is 7.97. The van der Waals surface area contributed by atoms with Gasteiger partial charge in [-0.2, -0.15) is 0 Å². The predicted octanol–water partition coefficient (Wildman–Crippen LogP) is 8.35. The van der Waals surface area contributed by atoms with Gasteiger partial charge < -0.3 is 4.40 Å². The minimum Gasteiger partial charge on any atom is -0.305 e. The van der Waals surface area contributed by atoms with Gasteiger partial charge in [-0.05, 0) is 35.7 Å². The Labute approximate surface area is 228 Å². The zero-order chi connectivity index (χ0) is 26.2. The van der Waals surface area contributed by atoms with Crippen molar-refractivity contribution in [3.63, 3.8) is 0 Å². The molecule has 0 aliphatic carbocycles. The first kappa shape index (κ1) is 21.4. The Bertz CT molecular complexity index is 2420. The second-order valence-corrected chi connectivity index (χ2v) is 10.1. The number of hydrogen-bond acceptors (Lipinski definition) is 3. The summed E-state index contributed by atoms with van der Waals surface area (Å²) in [5.74, 6) is 0.789. The molecular weight excluding hydrogens is 490 g/mol. The molecule has 9 rings (SSSR count). The number of nitrogens with zero attached hydrogens (tertiary/aromatic N) is 5. The van der Waals surface area contributed by atoms with Gasteiger partial charge in [-0.15, -0.1) is 0 Å². The standard InChI is InChI=1S/C35H21N5/c1-2-9-23(10-3-1)33-35(38-27-14-6-5-13-26(27)37-33)40-29-19-20-36-21-31(29)39-28-15-7-4-12-24(28)25-18-17-22-11-8-16-30(40)32(22)34(25)39/h1-21H. The van der Waals surface area contributed by atoms with Crippen LogP contribution >= 0.6 is 0 Å². The van der Waals surface area contributed by atoms with Crippen LogP contribution in [0.25, 0.3) is 77.2 Å². The minimum atomic E-state index is 0.789. The third-order valence-electron chi connectivity index (χ3n) is 7.97. The quantitative estimate of drug-likeness (QED) is 0.234. The monoisotopic (exact) mass is 511 g/mol. The van der Waals surface area contributed by atoms with E-state index in [9.17, 15) is 0 Å². The van der Waals surface area contributed by atoms with Gasteiger partial charge in [0.2, 0.25) is 0 Å². The second kappa shape index (κ2) is 7.98. The van der Waals surface area contributed by atoms with E-state index in [2.05, 4.69) is 98.9 Å². The van der Waals surface area contributed by atoms with Crippen LogP contribution in [0.1, 0.15) is 0 Å². The van der Waals surface area contributed by atoms with E-state index in [0.717, 1.165) is 50.2 Å². The van der Waals surface area contributed by atoms with Crippen molar-refractivity contribution in [3.8, 4) is 17.1 Å². The van der Waals surface area contributed by atoms with Crippen LogP contribution in [-0.2, 0) is 0 Å². The highest BCUT2D eigenvalue weighted by Crippen LogP contribution is 2.40. The average molecular weight is 512 g/mol. The fourth-order valence-corrected chi connectivity index (χ4v) is 6.28. The summed E-state index contributed by atoms with van der Waals surface area (Å²) >= 11 is 0. The zero-order valence-corrected chi connectivity index (χ0v) is 21.4. The molecule has 9 aromatic rings. The van der Waals surface area contributed by atoms with Crippen molar-refractivity contribution >= 4 is 60.2 Å². The van der Waals surface area contributed by atoms with Crippen molar-refractivity contribution in [3.05, 3.63) is 128 Å². The smallest absolute Gasteiger partial charge is 0.165 e. The molecule has 0 atom stereocenters. The molecule has 5 nitrogen and oxygen atoms in total. The van der Waals surface area contributed by atoms with Gasteiger partial charge in [0, 0.05) is 27.9 Å². The molecule has 4 aromatic heterocycles. The molecule has 4 heterocycles. The van der Waals surface area contributed by atoms with Gasteiger partial charge in [-0.1, -0.05) is 84.9 Å². The Morgan fingerprint density at radius 1 is 0.525 bits per heavy atom. The summed E-state index contributed by atoms with van der Waals surface area (Å²) in [7, 11) is 0. The number of para-hydroxylation sites is 3. The van der Waals surface area contributed by atoms with Crippen molar-refractivity contribution in [2.24, 2.45) is 0 Å². The Hall–Kier alpha value is -5.55. The van der Waals surface area contributed by atoms with Crippen molar-refractivity contribution < 1.29 is 0 Å². The van der Waals surface area contributed by atoms with E-state index in [1.807, 2.05) is 42.7 Å². The summed E-state index contributed by atoms with van der Waals surface area (Å²) in [5.41, 5.74) is 8.99. The lowest BCUT2D eigenvalue weighted by Crippen LogP contribution is -2.05. The molecule has 0 bridgehead atoms. The number of fused-ring (bicyclic) bond motifs is 6. The third kappa shape index (κ3) is 2.83. The number of hydrogen-bond donors (Lipinski definition) is 0. The van der Waals surface area contributed by atoms with E-state index >= 15 is 0 Å². The summed E-state index contributed by atoms with van der Waals surface area (Å²) in [6.45, 7) is 0. The second-order valence-electron chi connectivity index (χ2n) is 10.1. The van der Waals surface area contributed by atoms with Crippen molar-refractivity contribution in [2.75, 3.05) is 0 Å². The average Bonchev–Trinajstić information content (AvgIpc) is 3.29. The molecule has 0 saturated carbocycles. The van der Waals surface area contributed by atoms with Gasteiger partial charge >= 0.3 is 0 Å². The zero-order valence-electron chi connectivity index (χ0n) is 21.4. The van der Waals surface area contributed by atoms with Crippen LogP contribution in [0, 0.1) is 0 Å². The summed E-state index contributed by atoms with van der Waals surface area (Å²) in [6, 6.07) is 40.1. The summed E-state index contributed by atoms with van der Waals surface area (Å²) < 4.78 is 4.65. The van der Waals surface area contributed by atoms with Crippen LogP contribution < -0.4 is 0 Å². The molecule has 0 aliphatic heterocycles. The van der Waals surface area contributed by atoms with Crippen molar-refractivity contribution in [1.82, 2.24) is 23.9 Å². The van der Waals surface area contributed by atoms with E-state index in [4.69, 9.17) is 9.97 Å². The first-order chi connectivity index (χ1) is 19.9. The highest BCUT2D eigenvalue weighted by molar-refractivity contribution is 6.23. The van der Waals surface area contributed by atoms with Crippen molar-refractivity contribution in [2.45, 2.75) is 0 Å². The summed E-state index contributed by atoms with van der Waals surface area (Å²) in [5, 5.41) is 4.81. The predicted molar refractivity (Wildman–Crippen MR) is 163 cm³/mol. The molecule has 0 amide bonds. The number of pyridine rings is 1. The molecule has 5 heteroatoms. The fourth-order valence-electron chi connectivity index (χ4n) is 6.28. The summed E-state index contributed by atoms with van der Waals surface area (Å²) in [6.07, 6.45) is 3.83. The highest BCUT2D eigenvalue weighted by Gasteiger charge is 2.21. The maximum atomic E-state index is 5.31. The van der Waals surface area contributed by atoms with E-state index in [1.165, 1.54) is 27.1 Å². The molecule has 40 heavy (non-hydrogen) atoms. The van der Waals surface area contributed by atoms with Crippen LogP contribution in [0.15, 0.2) is 128 Å². The minimum absolute atomic E-state index is 0.789. The first-order valence-electron chi connectivity index (χ1n) is 13.4. The van der Waals surface area contributed by atoms with Gasteiger partial charge in [0.15, 0.2) is 5.82 Å². The van der Waals surface area contributed by atoms with Gasteiger partial charge in [-0.25, -0.2) is 9.97 Å². The molecule has 186 valence electrons. The SMILES string of the molecule is c1ccc(-c2nc3ccccc3nc2-n2c3cccc4ccc5c6ccccc6n(c6cnccc62)c5c43)cc1. The number of aromatic nitrogens is 5. The van der Waals surface area contributed by atoms with Gasteiger partial charge in [0.1, 0.15) is 5.69 Å². The Morgan fingerprint density at radius 2 is 1.30 bits per heavy atom. The molecule has 0 aliphatic rings. The van der Waals surface area contributed by atoms with Crippen LogP contribution in [0.5, 0.6) is 0 Å². The Kier molecular flexibility index (Phi) is 4.27. The van der Waals surface area contributed by atoms with Crippen molar-refractivity contribution in [1.29, 1.82) is 0 Å². The number of rotatable bonds is 2. The highest BCUT2D eigenvalue weighted by atomic mass is 15.1. The number of benzene rings is 5. The molecule has 0 N–H and O–H groups in total. The normalized spacial score (nSPS) is 12.0. The Morgan fingerprint density at radius 3 is 2.20 bits per heavy atom. The van der Waals surface area contributed by atoms with Crippen LogP contribution in [-0.4, -0.2) is 23.9 Å². The maximum absolute atomic E-state index is 5.31. The van der Waals surface area contributed by atoms with Gasteiger partial charge in [0.05, 0.1) is 44.8 Å². The lowest BCUT2D eigenvalue weighted by atomic mass is 10.0. The van der Waals surface area contributed by atoms with E-state index in [1.54, 1.807) is 0 Å². The van der Waals surface area contributed by atoms with E-state index in [0.29, 0.717) is 0 Å². The fraction of sp³-hybridized carbons (Fsp3) is 0. The van der Waals surface area contributed by atoms with Crippen LogP contribution in [0.2, 0.25) is 0 Å². The Balaban J connectivity index is 1.60. The molecule has 0 fully saturated rings. The lowest BCUT2D eigenvalue weighted by Gasteiger charge is -2.16. The van der Waals surface area contributed by atoms with Crippen LogP contribution in [0.3, 0.4) is 0 Å². The molecule has 0 spiro atoms. The summed E-state index contributed by atoms with van der Waals surface area (Å²) in [4.78, 5) is 15.1. The van der Waals surface area contributed by atoms with Crippen LogP contribution in [0.4, 0.5) is 0 Å². The molecule has 0 unspecified atom stereocenters. The first-order valence-corrected chi connectivity index (χ1v) is 13.4. The largest absolute Gasteiger partial charge is 0.305 e. The van der Waals surface area contributed by atoms with Gasteiger partial charge in [0.25, 0.3) is 0 Å². The van der Waals surface area contributed by atoms with Gasteiger partial charge in [-0.3, -0.25) is 9.55 Å². The lowest BCUT2D eigenvalue weighted by molar-refractivity contribution is 1.07. The molecule has 0 radical (unpaired) electrons. The molecular formula is C35H21N5. The van der Waals surface area contributed by atoms with E-state index < -0.39 is 0 Å². The molecule has 0 saturated heterocycles.